The van der Waals surface area contributed by atoms with Gasteiger partial charge in [0.05, 0.1) is 6.61 Å². The van der Waals surface area contributed by atoms with Crippen LogP contribution in [0.5, 0.6) is 0 Å². The first-order valence-electron chi connectivity index (χ1n) is 7.63. The van der Waals surface area contributed by atoms with Gasteiger partial charge in [-0.1, -0.05) is 18.2 Å². The summed E-state index contributed by atoms with van der Waals surface area (Å²) in [4.78, 5) is 30.0. The molecular weight excluding hydrogens is 326 g/mol. The summed E-state index contributed by atoms with van der Waals surface area (Å²) in [6.45, 7) is 4.92. The van der Waals surface area contributed by atoms with Gasteiger partial charge in [0.1, 0.15) is 10.7 Å². The number of anilines is 1. The van der Waals surface area contributed by atoms with Crippen molar-refractivity contribution in [3.63, 3.8) is 0 Å². The number of nitrogens with zero attached hydrogens (tertiary/aromatic N) is 2. The molecule has 2 aromatic rings. The van der Waals surface area contributed by atoms with E-state index >= 15 is 0 Å². The normalized spacial score (nSPS) is 10.5. The lowest BCUT2D eigenvalue weighted by molar-refractivity contribution is -0.129. The number of methoxy groups -OCH3 is 1. The molecule has 0 bridgehead atoms. The lowest BCUT2D eigenvalue weighted by atomic mass is 10.1. The number of aromatic nitrogens is 1. The molecule has 0 fully saturated rings. The molecule has 0 aliphatic rings. The van der Waals surface area contributed by atoms with E-state index in [1.165, 1.54) is 18.3 Å². The molecule has 0 saturated heterocycles. The number of para-hydroxylation sites is 1. The van der Waals surface area contributed by atoms with Crippen LogP contribution < -0.4 is 5.32 Å². The number of ether oxygens (including phenoxy) is 1. The first-order valence-corrected chi connectivity index (χ1v) is 8.51. The first kappa shape index (κ1) is 18.1. The average Bonchev–Trinajstić information content (AvgIpc) is 3.03. The number of benzene rings is 1. The van der Waals surface area contributed by atoms with Gasteiger partial charge in [0.25, 0.3) is 5.91 Å². The van der Waals surface area contributed by atoms with Crippen molar-refractivity contribution in [1.29, 1.82) is 0 Å². The van der Waals surface area contributed by atoms with Gasteiger partial charge in [-0.15, -0.1) is 11.3 Å². The zero-order valence-electron chi connectivity index (χ0n) is 14.0. The number of rotatable bonds is 7. The van der Waals surface area contributed by atoms with E-state index in [2.05, 4.69) is 10.3 Å². The highest BCUT2D eigenvalue weighted by molar-refractivity contribution is 7.09. The fourth-order valence-corrected chi connectivity index (χ4v) is 2.97. The molecule has 1 aromatic carbocycles. The molecule has 0 unspecified atom stereocenters. The second kappa shape index (κ2) is 8.56. The highest BCUT2D eigenvalue weighted by Gasteiger charge is 2.14. The Bertz CT molecular complexity index is 715. The van der Waals surface area contributed by atoms with Crippen molar-refractivity contribution >= 4 is 28.8 Å². The van der Waals surface area contributed by atoms with Gasteiger partial charge in [0.15, 0.2) is 0 Å². The Labute approximate surface area is 145 Å². The van der Waals surface area contributed by atoms with Crippen LogP contribution in [-0.4, -0.2) is 35.4 Å². The molecule has 128 valence electrons. The minimum Gasteiger partial charge on any atom is -0.378 e. The predicted molar refractivity (Wildman–Crippen MR) is 94.0 cm³/mol. The summed E-state index contributed by atoms with van der Waals surface area (Å²) in [5.74, 6) is -0.269. The van der Waals surface area contributed by atoms with Crippen LogP contribution in [-0.2, 0) is 22.7 Å². The lowest BCUT2D eigenvalue weighted by Gasteiger charge is -2.20. The Morgan fingerprint density at radius 3 is 2.75 bits per heavy atom. The van der Waals surface area contributed by atoms with Gasteiger partial charge in [-0.3, -0.25) is 9.59 Å². The number of thiazole rings is 1. The highest BCUT2D eigenvalue weighted by atomic mass is 32.1. The number of amides is 2. The molecule has 7 heteroatoms. The lowest BCUT2D eigenvalue weighted by Crippen LogP contribution is -2.28. The SMILES string of the molecule is CCN(Cc1ccccc1NC(=O)c1csc(COC)n1)C(C)=O. The summed E-state index contributed by atoms with van der Waals surface area (Å²) in [6, 6.07) is 7.46. The Hall–Kier alpha value is -2.25. The first-order chi connectivity index (χ1) is 11.5. The van der Waals surface area contributed by atoms with Crippen molar-refractivity contribution in [3.05, 3.63) is 45.9 Å². The van der Waals surface area contributed by atoms with E-state index in [0.717, 1.165) is 10.6 Å². The van der Waals surface area contributed by atoms with Gasteiger partial charge in [-0.25, -0.2) is 4.98 Å². The molecule has 2 rings (SSSR count). The van der Waals surface area contributed by atoms with Crippen molar-refractivity contribution in [3.8, 4) is 0 Å². The second-order valence-corrected chi connectivity index (χ2v) is 6.15. The van der Waals surface area contributed by atoms with Gasteiger partial charge in [-0.2, -0.15) is 0 Å². The zero-order valence-corrected chi connectivity index (χ0v) is 14.9. The molecule has 0 aliphatic carbocycles. The number of hydrogen-bond donors (Lipinski definition) is 1. The van der Waals surface area contributed by atoms with Crippen LogP contribution in [0.3, 0.4) is 0 Å². The number of carbonyl (C=O) groups excluding carboxylic acids is 2. The van der Waals surface area contributed by atoms with Gasteiger partial charge in [-0.05, 0) is 18.6 Å². The molecule has 1 N–H and O–H groups in total. The van der Waals surface area contributed by atoms with Gasteiger partial charge in [0, 0.05) is 38.2 Å². The molecule has 0 saturated carbocycles. The molecule has 0 atom stereocenters. The summed E-state index contributed by atoms with van der Waals surface area (Å²) < 4.78 is 5.02. The maximum Gasteiger partial charge on any atom is 0.275 e. The molecule has 0 aliphatic heterocycles. The van der Waals surface area contributed by atoms with E-state index in [4.69, 9.17) is 4.74 Å². The van der Waals surface area contributed by atoms with Crippen LogP contribution in [0.15, 0.2) is 29.6 Å². The van der Waals surface area contributed by atoms with Crippen LogP contribution in [0.1, 0.15) is 34.9 Å². The van der Waals surface area contributed by atoms with Crippen molar-refractivity contribution in [2.75, 3.05) is 19.0 Å². The summed E-state index contributed by atoms with van der Waals surface area (Å²) in [5.41, 5.74) is 1.93. The van der Waals surface area contributed by atoms with E-state index in [0.29, 0.717) is 31.1 Å². The summed E-state index contributed by atoms with van der Waals surface area (Å²) in [5, 5.41) is 5.34. The minimum atomic E-state index is -0.271. The van der Waals surface area contributed by atoms with Crippen molar-refractivity contribution in [2.45, 2.75) is 27.0 Å². The zero-order chi connectivity index (χ0) is 17.5. The Morgan fingerprint density at radius 1 is 1.33 bits per heavy atom. The standard InChI is InChI=1S/C17H21N3O3S/c1-4-20(12(2)21)9-13-7-5-6-8-14(13)19-17(22)15-11-24-16(18-15)10-23-3/h5-8,11H,4,9-10H2,1-3H3,(H,19,22). The predicted octanol–water partition coefficient (Wildman–Crippen LogP) is 2.91. The van der Waals surface area contributed by atoms with E-state index < -0.39 is 0 Å². The molecule has 0 radical (unpaired) electrons. The van der Waals surface area contributed by atoms with Crippen LogP contribution in [0, 0.1) is 0 Å². The highest BCUT2D eigenvalue weighted by Crippen LogP contribution is 2.19. The largest absolute Gasteiger partial charge is 0.378 e. The van der Waals surface area contributed by atoms with E-state index in [-0.39, 0.29) is 11.8 Å². The Kier molecular flexibility index (Phi) is 6.45. The second-order valence-electron chi connectivity index (χ2n) is 5.20. The van der Waals surface area contributed by atoms with Crippen molar-refractivity contribution in [1.82, 2.24) is 9.88 Å². The van der Waals surface area contributed by atoms with Gasteiger partial charge >= 0.3 is 0 Å². The van der Waals surface area contributed by atoms with Crippen molar-refractivity contribution < 1.29 is 14.3 Å². The van der Waals surface area contributed by atoms with E-state index in [1.54, 1.807) is 17.4 Å². The van der Waals surface area contributed by atoms with Gasteiger partial charge in [0.2, 0.25) is 5.91 Å². The van der Waals surface area contributed by atoms with Crippen LogP contribution >= 0.6 is 11.3 Å². The third-order valence-corrected chi connectivity index (χ3v) is 4.33. The summed E-state index contributed by atoms with van der Waals surface area (Å²) >= 11 is 1.39. The van der Waals surface area contributed by atoms with Crippen LogP contribution in [0.2, 0.25) is 0 Å². The fourth-order valence-electron chi connectivity index (χ4n) is 2.22. The molecule has 24 heavy (non-hydrogen) atoms. The van der Waals surface area contributed by atoms with Crippen molar-refractivity contribution in [2.24, 2.45) is 0 Å². The summed E-state index contributed by atoms with van der Waals surface area (Å²) in [7, 11) is 1.59. The number of carbonyl (C=O) groups is 2. The minimum absolute atomic E-state index is 0.00217. The third-order valence-electron chi connectivity index (χ3n) is 3.51. The van der Waals surface area contributed by atoms with Crippen LogP contribution in [0.4, 0.5) is 5.69 Å². The monoisotopic (exact) mass is 347 g/mol. The smallest absolute Gasteiger partial charge is 0.275 e. The number of nitrogens with one attached hydrogen (secondary N) is 1. The quantitative estimate of drug-likeness (QED) is 0.836. The molecule has 1 heterocycles. The van der Waals surface area contributed by atoms with E-state index in [9.17, 15) is 9.59 Å². The molecule has 2 amide bonds. The molecule has 1 aromatic heterocycles. The van der Waals surface area contributed by atoms with Gasteiger partial charge < -0.3 is 15.0 Å². The van der Waals surface area contributed by atoms with Crippen LogP contribution in [0.25, 0.3) is 0 Å². The third kappa shape index (κ3) is 4.62. The molecule has 6 nitrogen and oxygen atoms in total. The molecular formula is C17H21N3O3S. The Morgan fingerprint density at radius 2 is 2.08 bits per heavy atom. The average molecular weight is 347 g/mol. The maximum absolute atomic E-state index is 12.4. The summed E-state index contributed by atoms with van der Waals surface area (Å²) in [6.07, 6.45) is 0. The fraction of sp³-hybridized carbons (Fsp3) is 0.353. The molecule has 0 spiro atoms. The number of hydrogen-bond acceptors (Lipinski definition) is 5. The maximum atomic E-state index is 12.4. The van der Waals surface area contributed by atoms with E-state index in [1.807, 2.05) is 31.2 Å². The Balaban J connectivity index is 2.14. The topological polar surface area (TPSA) is 71.5 Å².